The quantitative estimate of drug-likeness (QED) is 0.711. The molecule has 1 atom stereocenters. The number of rotatable bonds is 3. The zero-order valence-corrected chi connectivity index (χ0v) is 8.92. The van der Waals surface area contributed by atoms with Gasteiger partial charge in [-0.05, 0) is 58.7 Å². The lowest BCUT2D eigenvalue weighted by Gasteiger charge is -2.36. The maximum absolute atomic E-state index is 3.43. The molecule has 1 aliphatic heterocycles. The Bertz CT molecular complexity index is 159. The van der Waals surface area contributed by atoms with Gasteiger partial charge in [-0.1, -0.05) is 0 Å². The highest BCUT2D eigenvalue weighted by atomic mass is 15.2. The van der Waals surface area contributed by atoms with Crippen LogP contribution in [0, 0.1) is 5.92 Å². The first-order valence-corrected chi connectivity index (χ1v) is 5.71. The summed E-state index contributed by atoms with van der Waals surface area (Å²) >= 11 is 0. The fraction of sp³-hybridized carbons (Fsp3) is 1.00. The normalized spacial score (nSPS) is 27.9. The molecule has 13 heavy (non-hydrogen) atoms. The lowest BCUT2D eigenvalue weighted by Crippen LogP contribution is -2.45. The van der Waals surface area contributed by atoms with Crippen molar-refractivity contribution in [3.05, 3.63) is 0 Å². The summed E-state index contributed by atoms with van der Waals surface area (Å²) in [6.07, 6.45) is 5.62. The van der Waals surface area contributed by atoms with Crippen molar-refractivity contribution >= 4 is 0 Å². The molecule has 1 saturated carbocycles. The number of nitrogens with zero attached hydrogens (tertiary/aromatic N) is 1. The van der Waals surface area contributed by atoms with Crippen LogP contribution in [-0.2, 0) is 0 Å². The van der Waals surface area contributed by atoms with Crippen LogP contribution in [0.4, 0.5) is 0 Å². The van der Waals surface area contributed by atoms with Crippen molar-refractivity contribution in [3.8, 4) is 0 Å². The van der Waals surface area contributed by atoms with Crippen LogP contribution in [0.3, 0.4) is 0 Å². The summed E-state index contributed by atoms with van der Waals surface area (Å²) in [5, 5.41) is 3.43. The smallest absolute Gasteiger partial charge is 0.0119 e. The first-order valence-electron chi connectivity index (χ1n) is 5.71. The highest BCUT2D eigenvalue weighted by Crippen LogP contribution is 2.35. The first-order chi connectivity index (χ1) is 6.29. The van der Waals surface area contributed by atoms with Crippen LogP contribution in [-0.4, -0.2) is 37.1 Å². The molecule has 1 N–H and O–H groups in total. The molecule has 2 fully saturated rings. The number of hydrogen-bond donors (Lipinski definition) is 1. The van der Waals surface area contributed by atoms with E-state index in [9.17, 15) is 0 Å². The molecule has 2 heteroatoms. The zero-order valence-electron chi connectivity index (χ0n) is 8.92. The highest BCUT2D eigenvalue weighted by molar-refractivity contribution is 4.88. The molecule has 1 aliphatic carbocycles. The Hall–Kier alpha value is -0.0800. The second-order valence-corrected chi connectivity index (χ2v) is 4.72. The number of hydrogen-bond acceptors (Lipinski definition) is 2. The van der Waals surface area contributed by atoms with E-state index in [1.807, 2.05) is 0 Å². The van der Waals surface area contributed by atoms with Gasteiger partial charge in [0.05, 0.1) is 0 Å². The molecule has 2 nitrogen and oxygen atoms in total. The molecule has 0 radical (unpaired) electrons. The van der Waals surface area contributed by atoms with Gasteiger partial charge < -0.3 is 10.2 Å². The van der Waals surface area contributed by atoms with Crippen LogP contribution in [0.25, 0.3) is 0 Å². The van der Waals surface area contributed by atoms with Gasteiger partial charge in [0, 0.05) is 12.1 Å². The molecule has 1 saturated heterocycles. The van der Waals surface area contributed by atoms with Crippen molar-refractivity contribution in [1.82, 2.24) is 10.2 Å². The minimum Gasteiger partial charge on any atom is -0.317 e. The van der Waals surface area contributed by atoms with Gasteiger partial charge in [-0.25, -0.2) is 0 Å². The molecule has 1 unspecified atom stereocenters. The van der Waals surface area contributed by atoms with Gasteiger partial charge in [0.1, 0.15) is 0 Å². The summed E-state index contributed by atoms with van der Waals surface area (Å²) < 4.78 is 0. The van der Waals surface area contributed by atoms with Crippen molar-refractivity contribution in [2.45, 2.75) is 44.7 Å². The molecule has 2 aliphatic rings. The van der Waals surface area contributed by atoms with Crippen LogP contribution in [0.5, 0.6) is 0 Å². The maximum Gasteiger partial charge on any atom is 0.0119 e. The van der Waals surface area contributed by atoms with E-state index in [4.69, 9.17) is 0 Å². The molecule has 0 bridgehead atoms. The average molecular weight is 182 g/mol. The van der Waals surface area contributed by atoms with Crippen molar-refractivity contribution in [1.29, 1.82) is 0 Å². The maximum atomic E-state index is 3.43. The van der Waals surface area contributed by atoms with Crippen LogP contribution < -0.4 is 5.32 Å². The topological polar surface area (TPSA) is 15.3 Å². The fourth-order valence-corrected chi connectivity index (χ4v) is 2.46. The summed E-state index contributed by atoms with van der Waals surface area (Å²) in [4.78, 5) is 2.62. The van der Waals surface area contributed by atoms with Crippen molar-refractivity contribution in [2.75, 3.05) is 20.1 Å². The summed E-state index contributed by atoms with van der Waals surface area (Å²) in [7, 11) is 2.32. The molecule has 2 rings (SSSR count). The van der Waals surface area contributed by atoms with Crippen LogP contribution in [0.2, 0.25) is 0 Å². The van der Waals surface area contributed by atoms with Crippen molar-refractivity contribution in [2.24, 2.45) is 5.92 Å². The largest absolute Gasteiger partial charge is 0.317 e. The van der Waals surface area contributed by atoms with Gasteiger partial charge in [0.2, 0.25) is 0 Å². The third kappa shape index (κ3) is 2.23. The Kier molecular flexibility index (Phi) is 2.89. The molecule has 0 aromatic carbocycles. The second-order valence-electron chi connectivity index (χ2n) is 4.72. The predicted molar refractivity (Wildman–Crippen MR) is 55.8 cm³/mol. The van der Waals surface area contributed by atoms with Crippen LogP contribution >= 0.6 is 0 Å². The second kappa shape index (κ2) is 3.97. The van der Waals surface area contributed by atoms with Crippen LogP contribution in [0.1, 0.15) is 32.6 Å². The molecule has 0 aromatic rings. The molecular formula is C11H22N2. The van der Waals surface area contributed by atoms with Gasteiger partial charge in [-0.2, -0.15) is 0 Å². The van der Waals surface area contributed by atoms with Gasteiger partial charge in [-0.15, -0.1) is 0 Å². The Morgan fingerprint density at radius 1 is 1.15 bits per heavy atom. The third-order valence-electron chi connectivity index (χ3n) is 3.83. The lowest BCUT2D eigenvalue weighted by atomic mass is 10.0. The van der Waals surface area contributed by atoms with Gasteiger partial charge in [-0.3, -0.25) is 0 Å². The minimum absolute atomic E-state index is 0.822. The van der Waals surface area contributed by atoms with Gasteiger partial charge in [0.15, 0.2) is 0 Å². The summed E-state index contributed by atoms with van der Waals surface area (Å²) in [6, 6.07) is 1.67. The zero-order chi connectivity index (χ0) is 9.26. The molecule has 0 spiro atoms. The Labute approximate surface area is 81.7 Å². The molecule has 1 heterocycles. The van der Waals surface area contributed by atoms with E-state index >= 15 is 0 Å². The molecule has 76 valence electrons. The monoisotopic (exact) mass is 182 g/mol. The van der Waals surface area contributed by atoms with E-state index in [1.54, 1.807) is 0 Å². The van der Waals surface area contributed by atoms with E-state index < -0.39 is 0 Å². The number of nitrogens with one attached hydrogen (secondary N) is 1. The van der Waals surface area contributed by atoms with E-state index in [1.165, 1.54) is 38.8 Å². The Morgan fingerprint density at radius 3 is 2.31 bits per heavy atom. The SMILES string of the molecule is CC(C1CC1)N(C)C1CCNCC1. The molecular weight excluding hydrogens is 160 g/mol. The van der Waals surface area contributed by atoms with E-state index in [-0.39, 0.29) is 0 Å². The van der Waals surface area contributed by atoms with Gasteiger partial charge >= 0.3 is 0 Å². The van der Waals surface area contributed by atoms with E-state index in [0.29, 0.717) is 0 Å². The fourth-order valence-electron chi connectivity index (χ4n) is 2.46. The highest BCUT2D eigenvalue weighted by Gasteiger charge is 2.33. The average Bonchev–Trinajstić information content (AvgIpc) is 3.00. The lowest BCUT2D eigenvalue weighted by molar-refractivity contribution is 0.138. The standard InChI is InChI=1S/C11H22N2/c1-9(10-3-4-10)13(2)11-5-7-12-8-6-11/h9-12H,3-8H2,1-2H3. The van der Waals surface area contributed by atoms with E-state index in [0.717, 1.165) is 18.0 Å². The Balaban J connectivity index is 1.82. The summed E-state index contributed by atoms with van der Waals surface area (Å²) in [5.41, 5.74) is 0. The first kappa shape index (κ1) is 9.47. The predicted octanol–water partition coefficient (Wildman–Crippen LogP) is 1.47. The number of piperidine rings is 1. The van der Waals surface area contributed by atoms with Crippen LogP contribution in [0.15, 0.2) is 0 Å². The molecule has 0 amide bonds. The van der Waals surface area contributed by atoms with E-state index in [2.05, 4.69) is 24.2 Å². The summed E-state index contributed by atoms with van der Waals surface area (Å²) in [6.45, 7) is 4.83. The minimum atomic E-state index is 0.822. The van der Waals surface area contributed by atoms with Crippen molar-refractivity contribution in [3.63, 3.8) is 0 Å². The van der Waals surface area contributed by atoms with Crippen molar-refractivity contribution < 1.29 is 0 Å². The third-order valence-corrected chi connectivity index (χ3v) is 3.83. The van der Waals surface area contributed by atoms with Gasteiger partial charge in [0.25, 0.3) is 0 Å². The summed E-state index contributed by atoms with van der Waals surface area (Å²) in [5.74, 6) is 1.01. The Morgan fingerprint density at radius 2 is 1.77 bits per heavy atom. The molecule has 0 aromatic heterocycles.